The summed E-state index contributed by atoms with van der Waals surface area (Å²) < 4.78 is 106. The number of nitrogens with zero attached hydrogens (tertiary/aromatic N) is 2. The van der Waals surface area contributed by atoms with Crippen molar-refractivity contribution >= 4 is 24.3 Å². The van der Waals surface area contributed by atoms with E-state index in [2.05, 4.69) is 4.98 Å². The molecule has 2 aromatic carbocycles. The van der Waals surface area contributed by atoms with Gasteiger partial charge in [-0.25, -0.2) is 18.0 Å². The largest absolute Gasteiger partial charge is 0.497 e. The Labute approximate surface area is 239 Å². The molecule has 0 spiro atoms. The van der Waals surface area contributed by atoms with Crippen LogP contribution in [0.25, 0.3) is 0 Å². The summed E-state index contributed by atoms with van der Waals surface area (Å²) >= 11 is 5.38. The molecule has 2 heterocycles. The molecule has 3 N–H and O–H groups in total. The van der Waals surface area contributed by atoms with Crippen molar-refractivity contribution < 1.29 is 54.8 Å². The number of hydrogen-bond donors (Lipinski definition) is 2. The van der Waals surface area contributed by atoms with Gasteiger partial charge in [0.05, 0.1) is 27.0 Å². The van der Waals surface area contributed by atoms with E-state index in [1.54, 1.807) is 0 Å². The van der Waals surface area contributed by atoms with Crippen LogP contribution in [0.3, 0.4) is 0 Å². The van der Waals surface area contributed by atoms with Crippen LogP contribution in [0.2, 0.25) is 0 Å². The molecule has 1 aliphatic heterocycles. The summed E-state index contributed by atoms with van der Waals surface area (Å²) in [5.41, 5.74) is -0.169. The molecule has 1 aromatic heterocycles. The highest BCUT2D eigenvalue weighted by Crippen LogP contribution is 2.56. The second-order valence-electron chi connectivity index (χ2n) is 8.68. The number of alkyl halides is 4. The average Bonchev–Trinajstić information content (AvgIpc) is 3.16. The molecular weight excluding hydrogens is 616 g/mol. The van der Waals surface area contributed by atoms with Crippen molar-refractivity contribution in [1.29, 1.82) is 0 Å². The van der Waals surface area contributed by atoms with E-state index < -0.39 is 60.9 Å². The number of methoxy groups -OCH3 is 2. The first-order chi connectivity index (χ1) is 19.7. The van der Waals surface area contributed by atoms with Gasteiger partial charge in [-0.15, -0.1) is 0 Å². The van der Waals surface area contributed by atoms with Crippen molar-refractivity contribution in [3.05, 3.63) is 71.0 Å². The zero-order valence-electron chi connectivity index (χ0n) is 21.7. The Morgan fingerprint density at radius 1 is 1.05 bits per heavy atom. The Bertz CT molecular complexity index is 1460. The zero-order valence-corrected chi connectivity index (χ0v) is 23.4. The molecule has 11 nitrogen and oxygen atoms in total. The third-order valence-electron chi connectivity index (χ3n) is 6.09. The van der Waals surface area contributed by atoms with Crippen LogP contribution in [0.4, 0.5) is 27.8 Å². The third kappa shape index (κ3) is 6.01. The lowest BCUT2D eigenvalue weighted by atomic mass is 9.95. The van der Waals surface area contributed by atoms with Crippen molar-refractivity contribution in [3.63, 3.8) is 0 Å². The van der Waals surface area contributed by atoms with Gasteiger partial charge in [-0.05, 0) is 48.5 Å². The van der Waals surface area contributed by atoms with Gasteiger partial charge in [0.1, 0.15) is 23.0 Å². The molecule has 18 heteroatoms. The lowest BCUT2D eigenvalue weighted by Crippen LogP contribution is -2.57. The summed E-state index contributed by atoms with van der Waals surface area (Å²) in [6.07, 6.45) is -9.35. The Morgan fingerprint density at radius 2 is 1.52 bits per heavy atom. The van der Waals surface area contributed by atoms with E-state index in [4.69, 9.17) is 45.3 Å². The maximum atomic E-state index is 15.4. The molecule has 228 valence electrons. The highest BCUT2D eigenvalue weighted by Gasteiger charge is 2.74. The number of nitrogens with two attached hydrogens (primary N) is 1. The van der Waals surface area contributed by atoms with Crippen LogP contribution in [0, 0.1) is 5.82 Å². The maximum absolute atomic E-state index is 15.4. The number of nitrogen functional groups attached to an aromatic ring is 1. The van der Waals surface area contributed by atoms with E-state index in [9.17, 15) is 23.1 Å². The summed E-state index contributed by atoms with van der Waals surface area (Å²) in [5.74, 6) is -6.17. The van der Waals surface area contributed by atoms with Crippen LogP contribution in [0.1, 0.15) is 6.23 Å². The fourth-order valence-electron chi connectivity index (χ4n) is 3.80. The van der Waals surface area contributed by atoms with Gasteiger partial charge in [-0.2, -0.15) is 13.8 Å². The highest BCUT2D eigenvalue weighted by atomic mass is 32.5. The number of ether oxygens (including phenoxy) is 3. The summed E-state index contributed by atoms with van der Waals surface area (Å²) in [6.45, 7) is -5.97. The van der Waals surface area contributed by atoms with Crippen molar-refractivity contribution in [2.45, 2.75) is 30.3 Å². The number of benzene rings is 2. The minimum absolute atomic E-state index is 0.00531. The fourth-order valence-corrected chi connectivity index (χ4v) is 5.73. The highest BCUT2D eigenvalue weighted by molar-refractivity contribution is 8.07. The first kappa shape index (κ1) is 31.4. The van der Waals surface area contributed by atoms with Crippen LogP contribution >= 0.6 is 6.72 Å². The number of aromatic nitrogens is 2. The van der Waals surface area contributed by atoms with E-state index >= 15 is 8.78 Å². The van der Waals surface area contributed by atoms with Crippen molar-refractivity contribution in [1.82, 2.24) is 9.55 Å². The topological polar surface area (TPSA) is 137 Å². The quantitative estimate of drug-likeness (QED) is 0.234. The monoisotopic (exact) mass is 639 g/mol. The van der Waals surface area contributed by atoms with Crippen molar-refractivity contribution in [2.75, 3.05) is 26.6 Å². The van der Waals surface area contributed by atoms with Gasteiger partial charge in [0.2, 0.25) is 5.60 Å². The number of anilines is 1. The Kier molecular flexibility index (Phi) is 8.99. The number of aliphatic hydroxyl groups is 1. The zero-order chi connectivity index (χ0) is 30.9. The first-order valence-corrected chi connectivity index (χ1v) is 14.3. The van der Waals surface area contributed by atoms with Crippen molar-refractivity contribution in [3.8, 4) is 23.0 Å². The van der Waals surface area contributed by atoms with E-state index in [-0.39, 0.29) is 16.1 Å². The normalized spacial score (nSPS) is 21.7. The minimum atomic E-state index is -4.79. The second kappa shape index (κ2) is 12.0. The van der Waals surface area contributed by atoms with E-state index in [0.29, 0.717) is 17.7 Å². The number of hydrogen-bond acceptors (Lipinski definition) is 11. The van der Waals surface area contributed by atoms with E-state index in [0.717, 1.165) is 0 Å². The molecule has 0 radical (unpaired) electrons. The SMILES string of the molecule is COc1ccc(OP(=S)(OC[C@@]2(C(F)F)O[C@@H](n3cc(F)c(N)nc3=O)[C@@H](O)C2(F)F)Oc2ccc(OC)cc2)cc1. The van der Waals surface area contributed by atoms with Crippen LogP contribution in [0.15, 0.2) is 59.5 Å². The second-order valence-corrected chi connectivity index (χ2v) is 11.5. The molecule has 0 bridgehead atoms. The number of rotatable bonds is 11. The van der Waals surface area contributed by atoms with E-state index in [1.807, 2.05) is 0 Å². The summed E-state index contributed by atoms with van der Waals surface area (Å²) in [5, 5.41) is 10.3. The molecule has 0 aliphatic carbocycles. The molecule has 1 saturated heterocycles. The predicted octanol–water partition coefficient (Wildman–Crippen LogP) is 3.91. The lowest BCUT2D eigenvalue weighted by molar-refractivity contribution is -0.242. The summed E-state index contributed by atoms with van der Waals surface area (Å²) in [6, 6.07) is 11.4. The molecule has 3 atom stereocenters. The van der Waals surface area contributed by atoms with Gasteiger partial charge in [0.25, 0.3) is 6.43 Å². The molecule has 4 rings (SSSR count). The van der Waals surface area contributed by atoms with E-state index in [1.165, 1.54) is 62.8 Å². The smallest absolute Gasteiger partial charge is 0.435 e. The van der Waals surface area contributed by atoms with Crippen LogP contribution in [-0.4, -0.2) is 59.5 Å². The molecule has 1 fully saturated rings. The molecule has 42 heavy (non-hydrogen) atoms. The van der Waals surface area contributed by atoms with Crippen LogP contribution in [0.5, 0.6) is 23.0 Å². The predicted molar refractivity (Wildman–Crippen MR) is 140 cm³/mol. The third-order valence-corrected chi connectivity index (χ3v) is 8.17. The average molecular weight is 639 g/mol. The Hall–Kier alpha value is -3.50. The maximum Gasteiger partial charge on any atom is 0.435 e. The van der Waals surface area contributed by atoms with Gasteiger partial charge in [0, 0.05) is 11.8 Å². The first-order valence-electron chi connectivity index (χ1n) is 11.7. The van der Waals surface area contributed by atoms with Gasteiger partial charge < -0.3 is 34.1 Å². The van der Waals surface area contributed by atoms with Crippen LogP contribution in [-0.2, 0) is 21.1 Å². The molecule has 0 amide bonds. The molecular formula is C24H23F5N3O8PS. The minimum Gasteiger partial charge on any atom is -0.497 e. The van der Waals surface area contributed by atoms with Gasteiger partial charge in [0.15, 0.2) is 24.0 Å². The van der Waals surface area contributed by atoms with Gasteiger partial charge in [-0.3, -0.25) is 9.09 Å². The Morgan fingerprint density at radius 3 is 1.98 bits per heavy atom. The number of aliphatic hydroxyl groups excluding tert-OH is 1. The Balaban J connectivity index is 1.69. The number of halogens is 5. The van der Waals surface area contributed by atoms with Gasteiger partial charge >= 0.3 is 18.3 Å². The van der Waals surface area contributed by atoms with Crippen molar-refractivity contribution in [2.24, 2.45) is 0 Å². The molecule has 0 unspecified atom stereocenters. The molecule has 0 saturated carbocycles. The fraction of sp³-hybridized carbons (Fsp3) is 0.333. The lowest BCUT2D eigenvalue weighted by Gasteiger charge is -2.34. The van der Waals surface area contributed by atoms with Gasteiger partial charge in [-0.1, -0.05) is 0 Å². The summed E-state index contributed by atoms with van der Waals surface area (Å²) in [4.78, 5) is 15.3. The molecule has 3 aromatic rings. The standard InChI is InChI=1S/C24H23F5N3O8PS/c1-35-13-3-7-15(8-4-13)39-41(42,40-16-9-5-14(36-2)6-10-16)37-12-23(21(26)27)24(28,29)18(33)20(38-23)32-11-17(25)19(30)31-22(32)34/h3-11,18,20-21,33H,12H2,1-2H3,(H2,30,31,34)/t18-,20-,23+/m1/s1. The molecule has 1 aliphatic rings. The summed E-state index contributed by atoms with van der Waals surface area (Å²) in [7, 11) is 2.82. The van der Waals surface area contributed by atoms with Crippen LogP contribution < -0.4 is 29.9 Å².